The number of fused-ring (bicyclic) bond motifs is 3. The van der Waals surface area contributed by atoms with Gasteiger partial charge in [-0.1, -0.05) is 38.4 Å². The number of carbonyl (C=O) groups is 2. The predicted octanol–water partition coefficient (Wildman–Crippen LogP) is 8.34. The van der Waals surface area contributed by atoms with Crippen molar-refractivity contribution in [1.82, 2.24) is 9.47 Å². The Labute approximate surface area is 351 Å². The smallest absolute Gasteiger partial charge is 0.307 e. The van der Waals surface area contributed by atoms with Crippen molar-refractivity contribution in [2.45, 2.75) is 115 Å². The Balaban J connectivity index is 0.000000160. The van der Waals surface area contributed by atoms with E-state index in [1.807, 2.05) is 20.1 Å². The maximum absolute atomic E-state index is 13.0. The Hall–Kier alpha value is -4.09. The molecule has 3 N–H and O–H groups in total. The summed E-state index contributed by atoms with van der Waals surface area (Å²) in [6.45, 7) is 12.6. The molecular weight excluding hydrogens is 768 g/mol. The second-order valence-corrected chi connectivity index (χ2v) is 19.9. The number of phenols is 1. The van der Waals surface area contributed by atoms with Crippen LogP contribution in [0.25, 0.3) is 10.9 Å². The topological polar surface area (TPSA) is 131 Å². The first-order chi connectivity index (χ1) is 27.9. The van der Waals surface area contributed by atoms with Crippen molar-refractivity contribution < 1.29 is 39.1 Å². The van der Waals surface area contributed by atoms with Gasteiger partial charge in [-0.15, -0.1) is 0 Å². The van der Waals surface area contributed by atoms with E-state index in [9.17, 15) is 24.9 Å². The zero-order valence-corrected chi connectivity index (χ0v) is 36.0. The third-order valence-corrected chi connectivity index (χ3v) is 16.3. The minimum atomic E-state index is -0.955. The number of carboxylic acid groups (broad SMARTS) is 1. The lowest BCUT2D eigenvalue weighted by Crippen LogP contribution is -2.83. The van der Waals surface area contributed by atoms with Crippen molar-refractivity contribution in [2.24, 2.45) is 22.7 Å². The quantitative estimate of drug-likeness (QED) is 0.161. The SMILES string of the molecule is CO[C@@]12CC[C@@]3(C[C@@H]1[C@](C)(O)C(C)(C)C)[C@H]1Cc4ccc(O)c5c4[C@@]3(CCN1CC1CC1)[C@H]2O5.COc1ccc2c(c1)c(CC(=O)O)c(C)n2C(=O)c1ccc(Cl)cc1. The molecule has 1 aromatic heterocycles. The Kier molecular flexibility index (Phi) is 9.37. The number of likely N-dealkylation sites (tertiary alicyclic amines) is 1. The molecule has 3 heterocycles. The van der Waals surface area contributed by atoms with Crippen molar-refractivity contribution in [3.8, 4) is 17.2 Å². The van der Waals surface area contributed by atoms with Gasteiger partial charge in [-0.2, -0.15) is 0 Å². The lowest BCUT2D eigenvalue weighted by atomic mass is 9.33. The Morgan fingerprint density at radius 1 is 1.00 bits per heavy atom. The summed E-state index contributed by atoms with van der Waals surface area (Å²) >= 11 is 5.89. The highest BCUT2D eigenvalue weighted by molar-refractivity contribution is 6.30. The van der Waals surface area contributed by atoms with E-state index >= 15 is 0 Å². The molecule has 0 unspecified atom stereocenters. The van der Waals surface area contributed by atoms with Gasteiger partial charge in [0.15, 0.2) is 11.5 Å². The van der Waals surface area contributed by atoms with E-state index < -0.39 is 17.2 Å². The van der Waals surface area contributed by atoms with Crippen LogP contribution in [0.15, 0.2) is 54.6 Å². The number of halogens is 1. The number of nitrogens with zero attached hydrogens (tertiary/aromatic N) is 2. The zero-order chi connectivity index (χ0) is 42.0. The number of ether oxygens (including phenoxy) is 3. The van der Waals surface area contributed by atoms with E-state index in [1.165, 1.54) is 35.1 Å². The van der Waals surface area contributed by atoms with Crippen molar-refractivity contribution in [3.05, 3.63) is 87.6 Å². The molecule has 5 aliphatic carbocycles. The van der Waals surface area contributed by atoms with Gasteiger partial charge in [-0.05, 0) is 136 Å². The molecular formula is C48H57ClN2O8. The first-order valence-corrected chi connectivity index (χ1v) is 21.6. The van der Waals surface area contributed by atoms with Gasteiger partial charge in [0.05, 0.1) is 24.6 Å². The van der Waals surface area contributed by atoms with E-state index in [-0.39, 0.29) is 46.3 Å². The molecule has 0 radical (unpaired) electrons. The average Bonchev–Trinajstić information content (AvgIpc) is 3.89. The highest BCUT2D eigenvalue weighted by atomic mass is 35.5. The Morgan fingerprint density at radius 2 is 1.73 bits per heavy atom. The number of carbonyl (C=O) groups excluding carboxylic acids is 1. The average molecular weight is 825 g/mol. The molecule has 314 valence electrons. The number of aliphatic carboxylic acids is 1. The highest BCUT2D eigenvalue weighted by Crippen LogP contribution is 2.78. The lowest BCUT2D eigenvalue weighted by Gasteiger charge is -2.75. The van der Waals surface area contributed by atoms with Crippen molar-refractivity contribution in [3.63, 3.8) is 0 Å². The van der Waals surface area contributed by atoms with Crippen LogP contribution in [0.1, 0.15) is 99.0 Å². The fourth-order valence-electron chi connectivity index (χ4n) is 12.5. The van der Waals surface area contributed by atoms with Crippen LogP contribution >= 0.6 is 11.6 Å². The zero-order valence-electron chi connectivity index (χ0n) is 35.2. The third-order valence-electron chi connectivity index (χ3n) is 16.0. The van der Waals surface area contributed by atoms with Gasteiger partial charge in [0.25, 0.3) is 5.91 Å². The molecule has 4 bridgehead atoms. The maximum atomic E-state index is 13.0. The molecule has 4 aromatic rings. The van der Waals surface area contributed by atoms with E-state index in [0.29, 0.717) is 50.3 Å². The fourth-order valence-corrected chi connectivity index (χ4v) is 12.7. The number of hydrogen-bond donors (Lipinski definition) is 3. The summed E-state index contributed by atoms with van der Waals surface area (Å²) in [5, 5.41) is 33.6. The van der Waals surface area contributed by atoms with Crippen LogP contribution in [0.2, 0.25) is 5.02 Å². The number of benzene rings is 3. The summed E-state index contributed by atoms with van der Waals surface area (Å²) in [4.78, 5) is 27.1. The predicted molar refractivity (Wildman–Crippen MR) is 226 cm³/mol. The molecule has 11 rings (SSSR count). The Bertz CT molecular complexity index is 2360. The minimum Gasteiger partial charge on any atom is -0.504 e. The van der Waals surface area contributed by atoms with Crippen LogP contribution in [0, 0.1) is 29.6 Å². The van der Waals surface area contributed by atoms with Crippen LogP contribution < -0.4 is 9.47 Å². The molecule has 0 amide bonds. The highest BCUT2D eigenvalue weighted by Gasteiger charge is 2.82. The van der Waals surface area contributed by atoms with Crippen LogP contribution in [0.5, 0.6) is 17.2 Å². The molecule has 11 heteroatoms. The number of aromatic hydroxyl groups is 1. The number of methoxy groups -OCH3 is 2. The number of carboxylic acids is 1. The van der Waals surface area contributed by atoms with E-state index in [1.54, 1.807) is 56.5 Å². The van der Waals surface area contributed by atoms with E-state index in [2.05, 4.69) is 31.7 Å². The minimum absolute atomic E-state index is 0.0294. The van der Waals surface area contributed by atoms with Gasteiger partial charge in [0, 0.05) is 63.7 Å². The van der Waals surface area contributed by atoms with E-state index in [4.69, 9.17) is 25.8 Å². The van der Waals surface area contributed by atoms with Gasteiger partial charge in [-0.3, -0.25) is 19.1 Å². The second-order valence-electron chi connectivity index (χ2n) is 19.5. The summed E-state index contributed by atoms with van der Waals surface area (Å²) in [5.41, 5.74) is 3.11. The van der Waals surface area contributed by atoms with Crippen LogP contribution in [-0.4, -0.2) is 87.3 Å². The van der Waals surface area contributed by atoms with E-state index in [0.717, 1.165) is 44.6 Å². The molecule has 1 saturated heterocycles. The maximum Gasteiger partial charge on any atom is 0.307 e. The first-order valence-electron chi connectivity index (χ1n) is 21.2. The van der Waals surface area contributed by atoms with Crippen molar-refractivity contribution >= 4 is 34.4 Å². The summed E-state index contributed by atoms with van der Waals surface area (Å²) in [7, 11) is 3.37. The summed E-state index contributed by atoms with van der Waals surface area (Å²) < 4.78 is 20.2. The summed E-state index contributed by atoms with van der Waals surface area (Å²) in [5.74, 6) is 1.22. The number of hydrogen-bond acceptors (Lipinski definition) is 8. The molecule has 4 saturated carbocycles. The molecule has 2 aliphatic heterocycles. The van der Waals surface area contributed by atoms with Gasteiger partial charge >= 0.3 is 5.97 Å². The molecule has 5 fully saturated rings. The summed E-state index contributed by atoms with van der Waals surface area (Å²) in [6, 6.07) is 16.3. The van der Waals surface area contributed by atoms with Gasteiger partial charge in [0.2, 0.25) is 0 Å². The van der Waals surface area contributed by atoms with Crippen molar-refractivity contribution in [1.29, 1.82) is 0 Å². The van der Waals surface area contributed by atoms with Gasteiger partial charge < -0.3 is 29.5 Å². The molecule has 59 heavy (non-hydrogen) atoms. The second kappa shape index (κ2) is 13.7. The number of phenolic OH excluding ortho intramolecular Hbond substituents is 1. The molecule has 2 spiro atoms. The van der Waals surface area contributed by atoms with Crippen LogP contribution in [-0.2, 0) is 27.8 Å². The first kappa shape index (κ1) is 40.3. The largest absolute Gasteiger partial charge is 0.504 e. The number of piperidine rings is 1. The van der Waals surface area contributed by atoms with Crippen molar-refractivity contribution in [2.75, 3.05) is 27.3 Å². The molecule has 10 nitrogen and oxygen atoms in total. The number of aliphatic hydroxyl groups is 1. The summed E-state index contributed by atoms with van der Waals surface area (Å²) in [6.07, 6.45) is 7.46. The lowest BCUT2D eigenvalue weighted by molar-refractivity contribution is -0.312. The third kappa shape index (κ3) is 5.68. The normalized spacial score (nSPS) is 29.9. The van der Waals surface area contributed by atoms with Gasteiger partial charge in [-0.25, -0.2) is 0 Å². The molecule has 7 atom stereocenters. The van der Waals surface area contributed by atoms with Crippen LogP contribution in [0.4, 0.5) is 0 Å². The molecule has 7 aliphatic rings. The number of rotatable bonds is 8. The number of aromatic nitrogens is 1. The van der Waals surface area contributed by atoms with Crippen LogP contribution in [0.3, 0.4) is 0 Å². The molecule has 3 aromatic carbocycles. The van der Waals surface area contributed by atoms with Gasteiger partial charge in [0.1, 0.15) is 17.5 Å². The monoisotopic (exact) mass is 824 g/mol. The Morgan fingerprint density at radius 3 is 2.37 bits per heavy atom. The fraction of sp³-hybridized carbons (Fsp3) is 0.542. The standard InChI is InChI=1S/C29H41NO4.C19H16ClNO4/c1-25(2,3)26(4,32)20-15-27-10-11-29(20,33-5)24-28(27)12-13-30(16-17-6-7-17)21(27)14-18-8-9-19(31)23(34-24)22(18)28;1-11-15(10-18(22)23)16-9-14(25-2)7-8-17(16)21(11)19(24)12-3-5-13(20)6-4-12/h8-9,17,20-21,24,31-32H,6-7,10-16H2,1-5H3;3-9H,10H2,1-2H3,(H,22,23)/t20-,21-,24-,26+,27-,28+,29+;/m1./s1.